The molecule has 0 unspecified atom stereocenters. The van der Waals surface area contributed by atoms with E-state index in [0.29, 0.717) is 5.69 Å². The maximum atomic E-state index is 11.1. The van der Waals surface area contributed by atoms with Crippen molar-refractivity contribution in [2.75, 3.05) is 0 Å². The van der Waals surface area contributed by atoms with Crippen LogP contribution in [0.2, 0.25) is 5.02 Å². The van der Waals surface area contributed by atoms with Crippen LogP contribution in [0.3, 0.4) is 0 Å². The minimum absolute atomic E-state index is 0.104. The monoisotopic (exact) mass is 308 g/mol. The van der Waals surface area contributed by atoms with Crippen LogP contribution >= 0.6 is 11.6 Å². The number of nitro benzene ring substituents is 1. The Bertz CT molecular complexity index is 732. The molecule has 0 saturated carbocycles. The summed E-state index contributed by atoms with van der Waals surface area (Å²) in [5.74, 6) is -1.14. The number of carboxylic acids is 1. The minimum atomic E-state index is -1.19. The summed E-state index contributed by atoms with van der Waals surface area (Å²) in [7, 11) is 0. The number of hydrogen-bond donors (Lipinski definition) is 1. The van der Waals surface area contributed by atoms with Gasteiger partial charge in [-0.15, -0.1) is 0 Å². The lowest BCUT2D eigenvalue weighted by Crippen LogP contribution is -2.03. The van der Waals surface area contributed by atoms with E-state index in [0.717, 1.165) is 0 Å². The normalized spacial score (nSPS) is 10.2. The molecule has 0 aliphatic heterocycles. The highest BCUT2D eigenvalue weighted by molar-refractivity contribution is 6.32. The number of rotatable bonds is 4. The van der Waals surface area contributed by atoms with Crippen molar-refractivity contribution in [2.45, 2.75) is 6.92 Å². The average Bonchev–Trinajstić information content (AvgIpc) is 2.37. The van der Waals surface area contributed by atoms with E-state index < -0.39 is 10.9 Å². The molecule has 0 atom stereocenters. The number of carboxylic acid groups (broad SMARTS) is 1. The largest absolute Gasteiger partial charge is 0.477 e. The van der Waals surface area contributed by atoms with Gasteiger partial charge in [0.2, 0.25) is 5.88 Å². The van der Waals surface area contributed by atoms with Gasteiger partial charge >= 0.3 is 5.97 Å². The number of aromatic carboxylic acids is 1. The number of aromatic nitrogens is 1. The molecule has 0 saturated heterocycles. The first-order valence-electron chi connectivity index (χ1n) is 5.71. The molecule has 0 amide bonds. The first-order valence-corrected chi connectivity index (χ1v) is 6.09. The van der Waals surface area contributed by atoms with Crippen molar-refractivity contribution in [1.29, 1.82) is 0 Å². The van der Waals surface area contributed by atoms with Crippen LogP contribution in [0.5, 0.6) is 11.6 Å². The van der Waals surface area contributed by atoms with E-state index in [4.69, 9.17) is 21.4 Å². The standard InChI is InChI=1S/C13H9ClN2O5/c1-7-2-4-9(13(17)18)12(15-7)21-8-3-5-11(16(19)20)10(14)6-8/h2-6H,1H3,(H,17,18). The van der Waals surface area contributed by atoms with Gasteiger partial charge in [0.1, 0.15) is 16.3 Å². The van der Waals surface area contributed by atoms with Crippen LogP contribution in [-0.4, -0.2) is 21.0 Å². The zero-order chi connectivity index (χ0) is 15.6. The number of carbonyl (C=O) groups is 1. The molecule has 0 radical (unpaired) electrons. The Balaban J connectivity index is 2.38. The van der Waals surface area contributed by atoms with Crippen molar-refractivity contribution in [3.63, 3.8) is 0 Å². The van der Waals surface area contributed by atoms with Crippen LogP contribution in [0.4, 0.5) is 5.69 Å². The van der Waals surface area contributed by atoms with Gasteiger partial charge in [-0.2, -0.15) is 0 Å². The molecule has 2 aromatic rings. The van der Waals surface area contributed by atoms with Crippen LogP contribution in [0, 0.1) is 17.0 Å². The van der Waals surface area contributed by atoms with Gasteiger partial charge in [-0.05, 0) is 25.1 Å². The fourth-order valence-corrected chi connectivity index (χ4v) is 1.82. The minimum Gasteiger partial charge on any atom is -0.477 e. The number of benzene rings is 1. The summed E-state index contributed by atoms with van der Waals surface area (Å²) in [6, 6.07) is 6.63. The average molecular weight is 309 g/mol. The smallest absolute Gasteiger partial charge is 0.341 e. The first kappa shape index (κ1) is 14.7. The molecule has 0 aliphatic rings. The lowest BCUT2D eigenvalue weighted by molar-refractivity contribution is -0.384. The van der Waals surface area contributed by atoms with E-state index in [9.17, 15) is 14.9 Å². The molecule has 1 heterocycles. The van der Waals surface area contributed by atoms with Crippen molar-refractivity contribution in [1.82, 2.24) is 4.98 Å². The number of nitro groups is 1. The Morgan fingerprint density at radius 1 is 1.38 bits per heavy atom. The molecule has 0 bridgehead atoms. The second-order valence-electron chi connectivity index (χ2n) is 4.08. The third-order valence-electron chi connectivity index (χ3n) is 2.56. The van der Waals surface area contributed by atoms with E-state index in [1.807, 2.05) is 0 Å². The predicted octanol–water partition coefficient (Wildman–Crippen LogP) is 3.44. The summed E-state index contributed by atoms with van der Waals surface area (Å²) < 4.78 is 5.37. The molecule has 0 spiro atoms. The summed E-state index contributed by atoms with van der Waals surface area (Å²) in [4.78, 5) is 25.1. The van der Waals surface area contributed by atoms with Gasteiger partial charge in [-0.3, -0.25) is 10.1 Å². The predicted molar refractivity (Wildman–Crippen MR) is 74.1 cm³/mol. The van der Waals surface area contributed by atoms with Crippen LogP contribution in [0.1, 0.15) is 16.1 Å². The van der Waals surface area contributed by atoms with Crippen LogP contribution in [-0.2, 0) is 0 Å². The van der Waals surface area contributed by atoms with Crippen molar-refractivity contribution < 1.29 is 19.6 Å². The van der Waals surface area contributed by atoms with E-state index in [-0.39, 0.29) is 27.9 Å². The highest BCUT2D eigenvalue weighted by Crippen LogP contribution is 2.31. The lowest BCUT2D eigenvalue weighted by atomic mass is 10.2. The number of aryl methyl sites for hydroxylation is 1. The maximum absolute atomic E-state index is 11.1. The first-order chi connectivity index (χ1) is 9.88. The van der Waals surface area contributed by atoms with Gasteiger partial charge in [-0.1, -0.05) is 11.6 Å². The van der Waals surface area contributed by atoms with Crippen molar-refractivity contribution in [2.24, 2.45) is 0 Å². The van der Waals surface area contributed by atoms with E-state index >= 15 is 0 Å². The summed E-state index contributed by atoms with van der Waals surface area (Å²) in [6.07, 6.45) is 0. The van der Waals surface area contributed by atoms with Crippen molar-refractivity contribution >= 4 is 23.3 Å². The highest BCUT2D eigenvalue weighted by Gasteiger charge is 2.16. The third-order valence-corrected chi connectivity index (χ3v) is 2.86. The number of nitrogens with zero attached hydrogens (tertiary/aromatic N) is 2. The zero-order valence-corrected chi connectivity index (χ0v) is 11.5. The van der Waals surface area contributed by atoms with Crippen molar-refractivity contribution in [3.05, 3.63) is 56.7 Å². The Kier molecular flexibility index (Phi) is 4.04. The van der Waals surface area contributed by atoms with Crippen LogP contribution in [0.15, 0.2) is 30.3 Å². The Morgan fingerprint density at radius 2 is 2.10 bits per heavy atom. The topological polar surface area (TPSA) is 103 Å². The van der Waals surface area contributed by atoms with E-state index in [1.54, 1.807) is 13.0 Å². The van der Waals surface area contributed by atoms with E-state index in [1.165, 1.54) is 24.3 Å². The van der Waals surface area contributed by atoms with Gasteiger partial charge in [-0.25, -0.2) is 9.78 Å². The summed E-state index contributed by atoms with van der Waals surface area (Å²) in [6.45, 7) is 1.68. The molecule has 108 valence electrons. The fraction of sp³-hybridized carbons (Fsp3) is 0.0769. The zero-order valence-electron chi connectivity index (χ0n) is 10.7. The van der Waals surface area contributed by atoms with Gasteiger partial charge in [0, 0.05) is 17.8 Å². The SMILES string of the molecule is Cc1ccc(C(=O)O)c(Oc2ccc([N+](=O)[O-])c(Cl)c2)n1. The second kappa shape index (κ2) is 5.76. The number of hydrogen-bond acceptors (Lipinski definition) is 5. The molecule has 7 nitrogen and oxygen atoms in total. The molecule has 21 heavy (non-hydrogen) atoms. The molecule has 0 fully saturated rings. The van der Waals surface area contributed by atoms with Gasteiger partial charge in [0.25, 0.3) is 5.69 Å². The summed E-state index contributed by atoms with van der Waals surface area (Å²) in [5, 5.41) is 19.6. The molecule has 0 aliphatic carbocycles. The molecular weight excluding hydrogens is 300 g/mol. The number of halogens is 1. The van der Waals surface area contributed by atoms with Crippen molar-refractivity contribution in [3.8, 4) is 11.6 Å². The van der Waals surface area contributed by atoms with Gasteiger partial charge < -0.3 is 9.84 Å². The van der Waals surface area contributed by atoms with E-state index in [2.05, 4.69) is 4.98 Å². The Morgan fingerprint density at radius 3 is 2.67 bits per heavy atom. The lowest BCUT2D eigenvalue weighted by Gasteiger charge is -2.08. The van der Waals surface area contributed by atoms with Gasteiger partial charge in [0.05, 0.1) is 4.92 Å². The molecule has 2 rings (SSSR count). The Labute approximate surface area is 123 Å². The fourth-order valence-electron chi connectivity index (χ4n) is 1.58. The van der Waals surface area contributed by atoms with Crippen LogP contribution < -0.4 is 4.74 Å². The molecule has 1 N–H and O–H groups in total. The number of ether oxygens (including phenoxy) is 1. The van der Waals surface area contributed by atoms with Gasteiger partial charge in [0.15, 0.2) is 0 Å². The summed E-state index contributed by atoms with van der Waals surface area (Å²) >= 11 is 5.77. The Hall–Kier alpha value is -2.67. The van der Waals surface area contributed by atoms with Crippen LogP contribution in [0.25, 0.3) is 0 Å². The second-order valence-corrected chi connectivity index (χ2v) is 4.49. The molecular formula is C13H9ClN2O5. The highest BCUT2D eigenvalue weighted by atomic mass is 35.5. The number of pyridine rings is 1. The third kappa shape index (κ3) is 3.26. The summed E-state index contributed by atoms with van der Waals surface area (Å²) in [5.41, 5.74) is 0.192. The molecule has 1 aromatic heterocycles. The molecule has 8 heteroatoms. The quantitative estimate of drug-likeness (QED) is 0.685. The molecule has 1 aromatic carbocycles. The maximum Gasteiger partial charge on any atom is 0.341 e.